The first-order valence-electron chi connectivity index (χ1n) is 9.39. The normalized spacial score (nSPS) is 12.1. The minimum Gasteiger partial charge on any atom is -0.454 e. The summed E-state index contributed by atoms with van der Waals surface area (Å²) in [6.45, 7) is 6.60. The van der Waals surface area contributed by atoms with E-state index in [9.17, 15) is 18.0 Å². The third-order valence-electron chi connectivity index (χ3n) is 4.35. The molecule has 0 radical (unpaired) electrons. The number of aryl methyl sites for hydroxylation is 1. The molecule has 30 heavy (non-hydrogen) atoms. The van der Waals surface area contributed by atoms with Crippen LogP contribution >= 0.6 is 0 Å². The van der Waals surface area contributed by atoms with Crippen LogP contribution in [0.15, 0.2) is 53.4 Å². The Balaban J connectivity index is 1.69. The summed E-state index contributed by atoms with van der Waals surface area (Å²) in [6.07, 6.45) is 0. The van der Waals surface area contributed by atoms with E-state index in [4.69, 9.17) is 4.74 Å². The fourth-order valence-electron chi connectivity index (χ4n) is 3.15. The highest BCUT2D eigenvalue weighted by Gasteiger charge is 2.23. The van der Waals surface area contributed by atoms with Gasteiger partial charge in [0.15, 0.2) is 6.61 Å². The molecule has 0 amide bonds. The molecule has 0 fully saturated rings. The lowest BCUT2D eigenvalue weighted by Crippen LogP contribution is -2.40. The second-order valence-corrected chi connectivity index (χ2v) is 9.73. The van der Waals surface area contributed by atoms with Crippen LogP contribution in [0.2, 0.25) is 0 Å². The largest absolute Gasteiger partial charge is 0.454 e. The molecular weight excluding hydrogens is 404 g/mol. The maximum atomic E-state index is 12.6. The molecule has 0 bridgehead atoms. The molecular formula is C22H24N2O5S. The number of ether oxygens (including phenoxy) is 1. The van der Waals surface area contributed by atoms with E-state index in [1.807, 2.05) is 24.3 Å². The Morgan fingerprint density at radius 1 is 1.03 bits per heavy atom. The molecule has 1 heterocycles. The Labute approximate surface area is 175 Å². The first kappa shape index (κ1) is 21.7. The molecule has 1 aromatic heterocycles. The van der Waals surface area contributed by atoms with Gasteiger partial charge in [-0.1, -0.05) is 18.2 Å². The molecule has 0 spiro atoms. The average Bonchev–Trinajstić information content (AvgIpc) is 3.00. The number of hydrogen-bond donors (Lipinski definition) is 2. The van der Waals surface area contributed by atoms with Gasteiger partial charge >= 0.3 is 5.97 Å². The number of benzene rings is 2. The summed E-state index contributed by atoms with van der Waals surface area (Å²) in [6, 6.07) is 12.8. The van der Waals surface area contributed by atoms with Crippen LogP contribution in [0.25, 0.3) is 10.9 Å². The summed E-state index contributed by atoms with van der Waals surface area (Å²) < 4.78 is 32.4. The number of Topliss-reactive ketones (excluding diaryl/α,β-unsaturated/α-hetero) is 1. The van der Waals surface area contributed by atoms with Crippen molar-refractivity contribution in [1.82, 2.24) is 9.71 Å². The van der Waals surface area contributed by atoms with Crippen LogP contribution in [0, 0.1) is 6.92 Å². The number of H-pyrrole nitrogens is 1. The average molecular weight is 429 g/mol. The highest BCUT2D eigenvalue weighted by Crippen LogP contribution is 2.22. The number of fused-ring (bicyclic) bond motifs is 1. The third-order valence-corrected chi connectivity index (χ3v) is 6.12. The fourth-order valence-corrected chi connectivity index (χ4v) is 4.57. The van der Waals surface area contributed by atoms with Crippen LogP contribution in [0.4, 0.5) is 0 Å². The number of aromatic nitrogens is 1. The number of esters is 1. The van der Waals surface area contributed by atoms with Gasteiger partial charge in [0.1, 0.15) is 0 Å². The number of sulfonamides is 1. The first-order valence-corrected chi connectivity index (χ1v) is 10.9. The Morgan fingerprint density at radius 3 is 2.30 bits per heavy atom. The molecule has 8 heteroatoms. The van der Waals surface area contributed by atoms with Crippen LogP contribution in [0.3, 0.4) is 0 Å². The lowest BCUT2D eigenvalue weighted by Gasteiger charge is -2.20. The van der Waals surface area contributed by atoms with E-state index < -0.39 is 28.1 Å². The van der Waals surface area contributed by atoms with Gasteiger partial charge in [0.05, 0.1) is 10.5 Å². The van der Waals surface area contributed by atoms with Crippen molar-refractivity contribution in [2.45, 2.75) is 38.1 Å². The van der Waals surface area contributed by atoms with E-state index in [0.717, 1.165) is 10.9 Å². The van der Waals surface area contributed by atoms with Crippen LogP contribution in [-0.2, 0) is 14.8 Å². The van der Waals surface area contributed by atoms with E-state index >= 15 is 0 Å². The Kier molecular flexibility index (Phi) is 5.83. The summed E-state index contributed by atoms with van der Waals surface area (Å²) in [5.41, 5.74) is 1.57. The zero-order valence-corrected chi connectivity index (χ0v) is 18.1. The number of ketones is 1. The van der Waals surface area contributed by atoms with E-state index in [2.05, 4.69) is 9.71 Å². The Hall–Kier alpha value is -2.97. The Bertz CT molecular complexity index is 1200. The van der Waals surface area contributed by atoms with Crippen LogP contribution in [0.1, 0.15) is 47.2 Å². The minimum atomic E-state index is -3.70. The fraction of sp³-hybridized carbons (Fsp3) is 0.273. The molecule has 0 aliphatic heterocycles. The monoisotopic (exact) mass is 428 g/mol. The summed E-state index contributed by atoms with van der Waals surface area (Å²) in [4.78, 5) is 28.1. The van der Waals surface area contributed by atoms with Crippen molar-refractivity contribution in [1.29, 1.82) is 0 Å². The predicted molar refractivity (Wildman–Crippen MR) is 114 cm³/mol. The third kappa shape index (κ3) is 4.77. The predicted octanol–water partition coefficient (Wildman–Crippen LogP) is 3.59. The molecule has 0 saturated carbocycles. The smallest absolute Gasteiger partial charge is 0.338 e. The summed E-state index contributed by atoms with van der Waals surface area (Å²) in [5, 5.41) is 0.775. The number of para-hydroxylation sites is 1. The molecule has 2 N–H and O–H groups in total. The van der Waals surface area contributed by atoms with Crippen LogP contribution in [0.5, 0.6) is 0 Å². The van der Waals surface area contributed by atoms with Gasteiger partial charge in [0.2, 0.25) is 15.8 Å². The standard InChI is InChI=1S/C22H24N2O5S/c1-14-20(17-7-5-6-8-18(17)23-14)19(25)13-29-21(26)15-9-11-16(12-10-15)30(27,28)24-22(2,3)4/h5-12,23-24H,13H2,1-4H3. The highest BCUT2D eigenvalue weighted by molar-refractivity contribution is 7.89. The molecule has 3 rings (SSSR count). The lowest BCUT2D eigenvalue weighted by molar-refractivity contribution is 0.0475. The van der Waals surface area contributed by atoms with Crippen molar-refractivity contribution in [3.05, 3.63) is 65.4 Å². The molecule has 0 atom stereocenters. The molecule has 0 aliphatic carbocycles. The molecule has 0 unspecified atom stereocenters. The van der Waals surface area contributed by atoms with Crippen molar-refractivity contribution in [2.75, 3.05) is 6.61 Å². The maximum Gasteiger partial charge on any atom is 0.338 e. The zero-order valence-electron chi connectivity index (χ0n) is 17.3. The van der Waals surface area contributed by atoms with Gasteiger partial charge in [-0.05, 0) is 58.0 Å². The molecule has 0 aliphatic rings. The van der Waals surface area contributed by atoms with Crippen molar-refractivity contribution >= 4 is 32.7 Å². The van der Waals surface area contributed by atoms with Gasteiger partial charge in [-0.25, -0.2) is 17.9 Å². The second-order valence-electron chi connectivity index (χ2n) is 8.05. The van der Waals surface area contributed by atoms with Crippen LogP contribution < -0.4 is 4.72 Å². The molecule has 0 saturated heterocycles. The zero-order chi connectivity index (χ0) is 22.1. The SMILES string of the molecule is Cc1[nH]c2ccccc2c1C(=O)COC(=O)c1ccc(S(=O)(=O)NC(C)(C)C)cc1. The summed E-state index contributed by atoms with van der Waals surface area (Å²) in [5.74, 6) is -1.01. The minimum absolute atomic E-state index is 0.0412. The van der Waals surface area contributed by atoms with Gasteiger partial charge in [0.25, 0.3) is 0 Å². The highest BCUT2D eigenvalue weighted by atomic mass is 32.2. The van der Waals surface area contributed by atoms with E-state index in [1.165, 1.54) is 24.3 Å². The van der Waals surface area contributed by atoms with Crippen LogP contribution in [-0.4, -0.2) is 37.3 Å². The topological polar surface area (TPSA) is 105 Å². The summed E-state index contributed by atoms with van der Waals surface area (Å²) >= 11 is 0. The number of aromatic amines is 1. The van der Waals surface area contributed by atoms with Gasteiger partial charge in [0, 0.05) is 27.7 Å². The van der Waals surface area contributed by atoms with Gasteiger partial charge in [-0.2, -0.15) is 0 Å². The van der Waals surface area contributed by atoms with Gasteiger partial charge in [-0.3, -0.25) is 4.79 Å². The van der Waals surface area contributed by atoms with Gasteiger partial charge in [-0.15, -0.1) is 0 Å². The molecule has 7 nitrogen and oxygen atoms in total. The Morgan fingerprint density at radius 2 is 1.67 bits per heavy atom. The number of carbonyl (C=O) groups is 2. The number of hydrogen-bond acceptors (Lipinski definition) is 5. The van der Waals surface area contributed by atoms with E-state index in [1.54, 1.807) is 27.7 Å². The molecule has 3 aromatic rings. The van der Waals surface area contributed by atoms with Gasteiger partial charge < -0.3 is 9.72 Å². The second kappa shape index (κ2) is 8.04. The lowest BCUT2D eigenvalue weighted by atomic mass is 10.1. The van der Waals surface area contributed by atoms with E-state index in [-0.39, 0.29) is 16.2 Å². The van der Waals surface area contributed by atoms with Crippen molar-refractivity contribution in [3.8, 4) is 0 Å². The first-order chi connectivity index (χ1) is 14.0. The van der Waals surface area contributed by atoms with Crippen molar-refractivity contribution in [3.63, 3.8) is 0 Å². The quantitative estimate of drug-likeness (QED) is 0.461. The van der Waals surface area contributed by atoms with Crippen molar-refractivity contribution in [2.24, 2.45) is 0 Å². The summed E-state index contributed by atoms with van der Waals surface area (Å²) in [7, 11) is -3.70. The number of nitrogens with one attached hydrogen (secondary N) is 2. The van der Waals surface area contributed by atoms with E-state index in [0.29, 0.717) is 11.3 Å². The molecule has 158 valence electrons. The maximum absolute atomic E-state index is 12.6. The van der Waals surface area contributed by atoms with Crippen molar-refractivity contribution < 1.29 is 22.7 Å². The number of rotatable bonds is 6. The number of carbonyl (C=O) groups excluding carboxylic acids is 2. The molecule has 2 aromatic carbocycles.